The first-order valence-electron chi connectivity index (χ1n) is 9.08. The minimum atomic E-state index is -0.812. The number of carbonyl (C=O) groups excluding carboxylic acids is 1. The maximum absolute atomic E-state index is 12.8. The summed E-state index contributed by atoms with van der Waals surface area (Å²) in [6.07, 6.45) is 5.47. The van der Waals surface area contributed by atoms with Crippen LogP contribution in [0.25, 0.3) is 0 Å². The highest BCUT2D eigenvalue weighted by Gasteiger charge is 2.55. The van der Waals surface area contributed by atoms with Gasteiger partial charge in [-0.1, -0.05) is 30.3 Å². The third-order valence-corrected chi connectivity index (χ3v) is 6.11. The van der Waals surface area contributed by atoms with E-state index < -0.39 is 11.4 Å². The van der Waals surface area contributed by atoms with Gasteiger partial charge in [-0.05, 0) is 48.8 Å². The van der Waals surface area contributed by atoms with Crippen LogP contribution < -0.4 is 0 Å². The molecule has 134 valence electrons. The van der Waals surface area contributed by atoms with Crippen LogP contribution in [0.4, 0.5) is 0 Å². The van der Waals surface area contributed by atoms with Gasteiger partial charge in [0.25, 0.3) is 5.91 Å². The normalized spacial score (nSPS) is 27.8. The van der Waals surface area contributed by atoms with Gasteiger partial charge in [-0.3, -0.25) is 14.6 Å². The van der Waals surface area contributed by atoms with Gasteiger partial charge in [0.2, 0.25) is 0 Å². The molecule has 1 aromatic heterocycles. The number of hydrogen-bond acceptors (Lipinski definition) is 3. The highest BCUT2D eigenvalue weighted by atomic mass is 16.4. The molecule has 2 aromatic rings. The van der Waals surface area contributed by atoms with Gasteiger partial charge in [-0.15, -0.1) is 0 Å². The first kappa shape index (κ1) is 16.8. The molecule has 5 heteroatoms. The summed E-state index contributed by atoms with van der Waals surface area (Å²) < 4.78 is 0. The van der Waals surface area contributed by atoms with Gasteiger partial charge in [0.05, 0.1) is 5.41 Å². The van der Waals surface area contributed by atoms with E-state index in [1.54, 1.807) is 29.4 Å². The summed E-state index contributed by atoms with van der Waals surface area (Å²) in [5.74, 6) is -0.507. The molecular formula is C21H22N2O3. The summed E-state index contributed by atoms with van der Waals surface area (Å²) >= 11 is 0. The Morgan fingerprint density at radius 2 is 1.85 bits per heavy atom. The number of rotatable bonds is 3. The van der Waals surface area contributed by atoms with E-state index in [1.807, 2.05) is 18.2 Å². The second-order valence-electron chi connectivity index (χ2n) is 7.46. The number of benzene rings is 1. The van der Waals surface area contributed by atoms with Crippen LogP contribution in [0.5, 0.6) is 0 Å². The van der Waals surface area contributed by atoms with Crippen molar-refractivity contribution in [3.63, 3.8) is 0 Å². The first-order chi connectivity index (χ1) is 12.6. The molecule has 1 aliphatic carbocycles. The van der Waals surface area contributed by atoms with Gasteiger partial charge in [0, 0.05) is 31.0 Å². The standard InChI is InChI=1S/C21H22N2O3/c24-19(16-7-10-22-11-8-16)23-13-18-12-17(15-4-2-1-3-5-15)6-9-21(18,14-23)20(25)26/h1-5,7-8,10-11,17-18H,6,9,12-14H2,(H,25,26)/t17-,18-,21-/m0/s1. The molecule has 2 heterocycles. The molecule has 2 fully saturated rings. The number of pyridine rings is 1. The Balaban J connectivity index is 1.58. The van der Waals surface area contributed by atoms with E-state index in [9.17, 15) is 14.7 Å². The molecule has 3 atom stereocenters. The molecule has 26 heavy (non-hydrogen) atoms. The van der Waals surface area contributed by atoms with Crippen molar-refractivity contribution in [3.8, 4) is 0 Å². The maximum atomic E-state index is 12.8. The zero-order chi connectivity index (χ0) is 18.1. The third-order valence-electron chi connectivity index (χ3n) is 6.11. The van der Waals surface area contributed by atoms with Gasteiger partial charge in [-0.25, -0.2) is 0 Å². The lowest BCUT2D eigenvalue weighted by molar-refractivity contribution is -0.152. The lowest BCUT2D eigenvalue weighted by Gasteiger charge is -2.38. The quantitative estimate of drug-likeness (QED) is 0.923. The largest absolute Gasteiger partial charge is 0.481 e. The molecule has 1 saturated heterocycles. The molecule has 0 bridgehead atoms. The average Bonchev–Trinajstić information content (AvgIpc) is 3.09. The van der Waals surface area contributed by atoms with Crippen LogP contribution in [0, 0.1) is 11.3 Å². The van der Waals surface area contributed by atoms with Crippen LogP contribution in [-0.4, -0.2) is 40.0 Å². The SMILES string of the molecule is O=C(c1ccncc1)N1C[C@@H]2C[C@@H](c3ccccc3)CC[C@]2(C(=O)O)C1. The number of fused-ring (bicyclic) bond motifs is 1. The van der Waals surface area contributed by atoms with E-state index in [1.165, 1.54) is 5.56 Å². The van der Waals surface area contributed by atoms with E-state index in [2.05, 4.69) is 17.1 Å². The summed E-state index contributed by atoms with van der Waals surface area (Å²) in [6.45, 7) is 0.812. The minimum Gasteiger partial charge on any atom is -0.481 e. The van der Waals surface area contributed by atoms with Crippen LogP contribution in [0.15, 0.2) is 54.9 Å². The van der Waals surface area contributed by atoms with Crippen LogP contribution in [-0.2, 0) is 4.79 Å². The van der Waals surface area contributed by atoms with E-state index >= 15 is 0 Å². The molecule has 2 aliphatic rings. The zero-order valence-electron chi connectivity index (χ0n) is 14.5. The zero-order valence-corrected chi connectivity index (χ0v) is 14.5. The number of carboxylic acids is 1. The summed E-state index contributed by atoms with van der Waals surface area (Å²) in [6, 6.07) is 13.7. The lowest BCUT2D eigenvalue weighted by atomic mass is 9.64. The number of aromatic nitrogens is 1. The van der Waals surface area contributed by atoms with Crippen LogP contribution in [0.1, 0.15) is 41.1 Å². The van der Waals surface area contributed by atoms with Crippen molar-refractivity contribution in [1.29, 1.82) is 0 Å². The fraction of sp³-hybridized carbons (Fsp3) is 0.381. The number of hydrogen-bond donors (Lipinski definition) is 1. The van der Waals surface area contributed by atoms with Crippen molar-refractivity contribution in [3.05, 3.63) is 66.0 Å². The summed E-state index contributed by atoms with van der Waals surface area (Å²) in [5, 5.41) is 9.98. The molecular weight excluding hydrogens is 328 g/mol. The van der Waals surface area contributed by atoms with Gasteiger partial charge in [0.1, 0.15) is 0 Å². The van der Waals surface area contributed by atoms with Crippen molar-refractivity contribution >= 4 is 11.9 Å². The monoisotopic (exact) mass is 350 g/mol. The van der Waals surface area contributed by atoms with Gasteiger partial charge < -0.3 is 10.0 Å². The van der Waals surface area contributed by atoms with Crippen molar-refractivity contribution in [1.82, 2.24) is 9.88 Å². The number of nitrogens with zero attached hydrogens (tertiary/aromatic N) is 2. The molecule has 1 aromatic carbocycles. The van der Waals surface area contributed by atoms with Crippen molar-refractivity contribution in [2.24, 2.45) is 11.3 Å². The predicted molar refractivity (Wildman–Crippen MR) is 96.7 cm³/mol. The van der Waals surface area contributed by atoms with E-state index in [0.29, 0.717) is 31.0 Å². The number of aliphatic carboxylic acids is 1. The Morgan fingerprint density at radius 3 is 2.54 bits per heavy atom. The molecule has 1 N–H and O–H groups in total. The van der Waals surface area contributed by atoms with Crippen molar-refractivity contribution < 1.29 is 14.7 Å². The maximum Gasteiger partial charge on any atom is 0.311 e. The van der Waals surface area contributed by atoms with E-state index in [-0.39, 0.29) is 11.8 Å². The smallest absolute Gasteiger partial charge is 0.311 e. The topological polar surface area (TPSA) is 70.5 Å². The number of carboxylic acid groups (broad SMARTS) is 1. The fourth-order valence-electron chi connectivity index (χ4n) is 4.66. The summed E-state index contributed by atoms with van der Waals surface area (Å²) in [5.41, 5.74) is 1.03. The Kier molecular flexibility index (Phi) is 4.23. The molecule has 0 radical (unpaired) electrons. The Hall–Kier alpha value is -2.69. The minimum absolute atomic E-state index is 0.00950. The highest BCUT2D eigenvalue weighted by Crippen LogP contribution is 2.51. The number of likely N-dealkylation sites (tertiary alicyclic amines) is 1. The Bertz CT molecular complexity index is 809. The second kappa shape index (κ2) is 6.56. The Morgan fingerprint density at radius 1 is 1.12 bits per heavy atom. The molecule has 1 aliphatic heterocycles. The highest BCUT2D eigenvalue weighted by molar-refractivity contribution is 5.95. The molecule has 0 spiro atoms. The van der Waals surface area contributed by atoms with Crippen molar-refractivity contribution in [2.75, 3.05) is 13.1 Å². The van der Waals surface area contributed by atoms with Crippen LogP contribution in [0.3, 0.4) is 0 Å². The third kappa shape index (κ3) is 2.77. The molecule has 4 rings (SSSR count). The Labute approximate surface area is 152 Å². The van der Waals surface area contributed by atoms with Crippen LogP contribution >= 0.6 is 0 Å². The lowest BCUT2D eigenvalue weighted by Crippen LogP contribution is -2.43. The molecule has 5 nitrogen and oxygen atoms in total. The van der Waals surface area contributed by atoms with Crippen molar-refractivity contribution in [2.45, 2.75) is 25.2 Å². The van der Waals surface area contributed by atoms with E-state index in [0.717, 1.165) is 12.8 Å². The molecule has 0 unspecified atom stereocenters. The number of carbonyl (C=O) groups is 2. The first-order valence-corrected chi connectivity index (χ1v) is 9.08. The molecule has 1 amide bonds. The van der Waals surface area contributed by atoms with Gasteiger partial charge in [-0.2, -0.15) is 0 Å². The van der Waals surface area contributed by atoms with Gasteiger partial charge >= 0.3 is 5.97 Å². The van der Waals surface area contributed by atoms with E-state index in [4.69, 9.17) is 0 Å². The fourth-order valence-corrected chi connectivity index (χ4v) is 4.66. The number of amides is 1. The second-order valence-corrected chi connectivity index (χ2v) is 7.46. The predicted octanol–water partition coefficient (Wildman–Crippen LogP) is 3.19. The van der Waals surface area contributed by atoms with Gasteiger partial charge in [0.15, 0.2) is 0 Å². The molecule has 1 saturated carbocycles. The van der Waals surface area contributed by atoms with Crippen LogP contribution in [0.2, 0.25) is 0 Å². The average molecular weight is 350 g/mol. The summed E-state index contributed by atoms with van der Waals surface area (Å²) in [7, 11) is 0. The summed E-state index contributed by atoms with van der Waals surface area (Å²) in [4.78, 5) is 30.6.